The maximum atomic E-state index is 11.3. The molecule has 0 saturated heterocycles. The van der Waals surface area contributed by atoms with E-state index < -0.39 is 10.8 Å². The van der Waals surface area contributed by atoms with E-state index in [0.29, 0.717) is 5.75 Å². The van der Waals surface area contributed by atoms with E-state index in [1.54, 1.807) is 6.26 Å². The van der Waals surface area contributed by atoms with Crippen LogP contribution >= 0.6 is 0 Å². The molecule has 1 rings (SSSR count). The van der Waals surface area contributed by atoms with Crippen molar-refractivity contribution in [3.05, 3.63) is 29.8 Å². The van der Waals surface area contributed by atoms with Gasteiger partial charge in [-0.15, -0.1) is 0 Å². The Bertz CT molecular complexity index is 468. The van der Waals surface area contributed by atoms with Crippen LogP contribution in [0.4, 0.5) is 0 Å². The zero-order valence-corrected chi connectivity index (χ0v) is 13.1. The standard InChI is InChI=1S/C15H22N2O2S/c1-12(20(3)18)8-10-17-13(2)14-4-6-15(7-5-14)19-11-9-16/h4-7,12-13,17H,8,10-11H2,1-3H3. The predicted molar refractivity (Wildman–Crippen MR) is 82.1 cm³/mol. The number of hydrogen-bond donors (Lipinski definition) is 1. The largest absolute Gasteiger partial charge is 0.479 e. The summed E-state index contributed by atoms with van der Waals surface area (Å²) in [4.78, 5) is 0. The average molecular weight is 294 g/mol. The second-order valence-electron chi connectivity index (χ2n) is 4.79. The molecule has 3 unspecified atom stereocenters. The molecule has 0 amide bonds. The average Bonchev–Trinajstić information content (AvgIpc) is 2.45. The van der Waals surface area contributed by atoms with Crippen LogP contribution in [0.15, 0.2) is 24.3 Å². The number of hydrogen-bond acceptors (Lipinski definition) is 4. The minimum Gasteiger partial charge on any atom is -0.479 e. The summed E-state index contributed by atoms with van der Waals surface area (Å²) >= 11 is 0. The fourth-order valence-electron chi connectivity index (χ4n) is 1.76. The molecule has 0 aromatic heterocycles. The van der Waals surface area contributed by atoms with Gasteiger partial charge in [-0.05, 0) is 37.6 Å². The lowest BCUT2D eigenvalue weighted by atomic mass is 10.1. The molecule has 0 aliphatic rings. The Balaban J connectivity index is 2.41. The molecule has 0 bridgehead atoms. The van der Waals surface area contributed by atoms with Crippen molar-refractivity contribution in [2.24, 2.45) is 0 Å². The predicted octanol–water partition coefficient (Wildman–Crippen LogP) is 2.40. The topological polar surface area (TPSA) is 62.1 Å². The summed E-state index contributed by atoms with van der Waals surface area (Å²) in [5, 5.41) is 12.1. The summed E-state index contributed by atoms with van der Waals surface area (Å²) in [7, 11) is -0.759. The molecule has 1 N–H and O–H groups in total. The third-order valence-electron chi connectivity index (χ3n) is 3.25. The van der Waals surface area contributed by atoms with E-state index in [2.05, 4.69) is 12.2 Å². The molecule has 20 heavy (non-hydrogen) atoms. The SMILES string of the molecule is CC(NCCC(C)S(C)=O)c1ccc(OCC#N)cc1. The lowest BCUT2D eigenvalue weighted by molar-refractivity contribution is 0.368. The van der Waals surface area contributed by atoms with Crippen molar-refractivity contribution in [1.29, 1.82) is 5.26 Å². The van der Waals surface area contributed by atoms with Crippen LogP contribution in [0.25, 0.3) is 0 Å². The quantitative estimate of drug-likeness (QED) is 0.799. The highest BCUT2D eigenvalue weighted by molar-refractivity contribution is 7.84. The third-order valence-corrected chi connectivity index (χ3v) is 4.62. The van der Waals surface area contributed by atoms with E-state index in [4.69, 9.17) is 10.00 Å². The van der Waals surface area contributed by atoms with Crippen LogP contribution in [-0.4, -0.2) is 28.9 Å². The van der Waals surface area contributed by atoms with Gasteiger partial charge in [0, 0.05) is 28.3 Å². The Hall–Kier alpha value is -1.38. The molecule has 110 valence electrons. The van der Waals surface area contributed by atoms with Crippen molar-refractivity contribution < 1.29 is 8.95 Å². The normalized spacial score (nSPS) is 15.1. The zero-order valence-electron chi connectivity index (χ0n) is 12.3. The van der Waals surface area contributed by atoms with Crippen molar-refractivity contribution in [2.45, 2.75) is 31.6 Å². The first-order valence-electron chi connectivity index (χ1n) is 6.70. The molecule has 0 spiro atoms. The number of nitrogens with one attached hydrogen (secondary N) is 1. The van der Waals surface area contributed by atoms with Crippen molar-refractivity contribution in [3.8, 4) is 11.8 Å². The first kappa shape index (κ1) is 16.7. The van der Waals surface area contributed by atoms with Crippen LogP contribution in [0.1, 0.15) is 31.9 Å². The van der Waals surface area contributed by atoms with Gasteiger partial charge < -0.3 is 10.1 Å². The second kappa shape index (κ2) is 8.72. The molecule has 1 aromatic rings. The second-order valence-corrected chi connectivity index (χ2v) is 6.59. The Labute approximate surface area is 123 Å². The van der Waals surface area contributed by atoms with Crippen LogP contribution < -0.4 is 10.1 Å². The van der Waals surface area contributed by atoms with E-state index in [1.165, 1.54) is 5.56 Å². The zero-order chi connectivity index (χ0) is 15.0. The Morgan fingerprint density at radius 2 is 2.00 bits per heavy atom. The maximum absolute atomic E-state index is 11.3. The van der Waals surface area contributed by atoms with Gasteiger partial charge >= 0.3 is 0 Å². The molecule has 0 saturated carbocycles. The molecular formula is C15H22N2O2S. The summed E-state index contributed by atoms with van der Waals surface area (Å²) in [6.45, 7) is 5.01. The Morgan fingerprint density at radius 3 is 2.55 bits per heavy atom. The summed E-state index contributed by atoms with van der Waals surface area (Å²) < 4.78 is 16.5. The van der Waals surface area contributed by atoms with Crippen LogP contribution in [-0.2, 0) is 10.8 Å². The number of ether oxygens (including phenoxy) is 1. The van der Waals surface area contributed by atoms with Gasteiger partial charge in [-0.3, -0.25) is 4.21 Å². The highest BCUT2D eigenvalue weighted by Crippen LogP contribution is 2.17. The van der Waals surface area contributed by atoms with E-state index in [9.17, 15) is 4.21 Å². The van der Waals surface area contributed by atoms with E-state index in [1.807, 2.05) is 37.3 Å². The molecule has 5 heteroatoms. The number of nitriles is 1. The van der Waals surface area contributed by atoms with Crippen molar-refractivity contribution in [2.75, 3.05) is 19.4 Å². The highest BCUT2D eigenvalue weighted by Gasteiger charge is 2.08. The Morgan fingerprint density at radius 1 is 1.35 bits per heavy atom. The monoisotopic (exact) mass is 294 g/mol. The summed E-state index contributed by atoms with van der Waals surface area (Å²) in [5.74, 6) is 0.706. The lowest BCUT2D eigenvalue weighted by Crippen LogP contribution is -2.24. The molecule has 0 aliphatic heterocycles. The third kappa shape index (κ3) is 5.72. The molecule has 4 nitrogen and oxygen atoms in total. The van der Waals surface area contributed by atoms with E-state index in [-0.39, 0.29) is 17.9 Å². The first-order chi connectivity index (χ1) is 9.54. The van der Waals surface area contributed by atoms with Crippen LogP contribution in [0.5, 0.6) is 5.75 Å². The molecule has 0 radical (unpaired) electrons. The van der Waals surface area contributed by atoms with Gasteiger partial charge in [0.1, 0.15) is 11.8 Å². The molecule has 3 atom stereocenters. The van der Waals surface area contributed by atoms with Gasteiger partial charge in [-0.1, -0.05) is 19.1 Å². The van der Waals surface area contributed by atoms with Gasteiger partial charge in [0.15, 0.2) is 6.61 Å². The van der Waals surface area contributed by atoms with Crippen molar-refractivity contribution >= 4 is 10.8 Å². The van der Waals surface area contributed by atoms with E-state index in [0.717, 1.165) is 13.0 Å². The van der Waals surface area contributed by atoms with Gasteiger partial charge in [0.2, 0.25) is 0 Å². The Kier molecular flexibility index (Phi) is 7.27. The molecule has 0 heterocycles. The molecule has 1 aromatic carbocycles. The van der Waals surface area contributed by atoms with Crippen LogP contribution in [0, 0.1) is 11.3 Å². The van der Waals surface area contributed by atoms with E-state index >= 15 is 0 Å². The summed E-state index contributed by atoms with van der Waals surface area (Å²) in [5.41, 5.74) is 1.17. The van der Waals surface area contributed by atoms with Gasteiger partial charge in [0.25, 0.3) is 0 Å². The summed E-state index contributed by atoms with van der Waals surface area (Å²) in [6.07, 6.45) is 2.64. The van der Waals surface area contributed by atoms with Crippen molar-refractivity contribution in [1.82, 2.24) is 5.32 Å². The van der Waals surface area contributed by atoms with Gasteiger partial charge in [-0.2, -0.15) is 5.26 Å². The van der Waals surface area contributed by atoms with Crippen LogP contribution in [0.2, 0.25) is 0 Å². The smallest absolute Gasteiger partial charge is 0.174 e. The molecule has 0 fully saturated rings. The fraction of sp³-hybridized carbons (Fsp3) is 0.533. The summed E-state index contributed by atoms with van der Waals surface area (Å²) in [6, 6.07) is 9.90. The van der Waals surface area contributed by atoms with Crippen molar-refractivity contribution in [3.63, 3.8) is 0 Å². The molecular weight excluding hydrogens is 272 g/mol. The van der Waals surface area contributed by atoms with Gasteiger partial charge in [-0.25, -0.2) is 0 Å². The maximum Gasteiger partial charge on any atom is 0.174 e. The fourth-order valence-corrected chi connectivity index (χ4v) is 2.21. The number of nitrogens with zero attached hydrogens (tertiary/aromatic N) is 1. The number of rotatable bonds is 8. The van der Waals surface area contributed by atoms with Gasteiger partial charge in [0.05, 0.1) is 0 Å². The molecule has 0 aliphatic carbocycles. The minimum atomic E-state index is -0.759. The minimum absolute atomic E-state index is 0.0686. The first-order valence-corrected chi connectivity index (χ1v) is 8.32. The highest BCUT2D eigenvalue weighted by atomic mass is 32.2. The van der Waals surface area contributed by atoms with Crippen LogP contribution in [0.3, 0.4) is 0 Å². The lowest BCUT2D eigenvalue weighted by Gasteiger charge is -2.16. The number of benzene rings is 1.